The molecule has 4 aromatic carbocycles. The first-order valence-corrected chi connectivity index (χ1v) is 24.4. The van der Waals surface area contributed by atoms with Gasteiger partial charge in [0.2, 0.25) is 17.7 Å². The SMILES string of the molecule is Cn1nc(C2CCC(=O)NC2=O)c2ccc(NC(=O)CN3CCC(CCCOc4ccc(-c5ccc(N6CCc7cccc(C(=O)Nc8nc9ccccc9s8)c7C6)nc5C(=O)O)c(F)c4)CC3)c(F)c21. The second-order valence-electron chi connectivity index (χ2n) is 18.2. The number of halogens is 2. The average molecular weight is 982 g/mol. The van der Waals surface area contributed by atoms with Gasteiger partial charge in [-0.1, -0.05) is 35.6 Å². The number of aryl methyl sites for hydroxylation is 1. The van der Waals surface area contributed by atoms with E-state index in [1.165, 1.54) is 34.2 Å². The van der Waals surface area contributed by atoms with Crippen LogP contribution in [-0.2, 0) is 34.4 Å². The number of hydrogen-bond donors (Lipinski definition) is 4. The molecule has 0 spiro atoms. The summed E-state index contributed by atoms with van der Waals surface area (Å²) in [6.07, 6.45) is 4.39. The number of benzene rings is 4. The summed E-state index contributed by atoms with van der Waals surface area (Å²) in [5.41, 5.74) is 3.60. The number of carboxylic acids is 1. The van der Waals surface area contributed by atoms with Gasteiger partial charge >= 0.3 is 5.97 Å². The van der Waals surface area contributed by atoms with Gasteiger partial charge in [-0.2, -0.15) is 5.10 Å². The van der Waals surface area contributed by atoms with Crippen LogP contribution in [0.5, 0.6) is 5.75 Å². The van der Waals surface area contributed by atoms with Gasteiger partial charge < -0.3 is 20.1 Å². The molecule has 6 heterocycles. The number of aromatic carboxylic acids is 1. The van der Waals surface area contributed by atoms with Gasteiger partial charge in [0.1, 0.15) is 22.9 Å². The van der Waals surface area contributed by atoms with Gasteiger partial charge in [0.15, 0.2) is 16.6 Å². The molecule has 16 nitrogen and oxygen atoms in total. The Kier molecular flexibility index (Phi) is 13.3. The number of aromatic nitrogens is 4. The summed E-state index contributed by atoms with van der Waals surface area (Å²) in [6.45, 7) is 2.68. The highest BCUT2D eigenvalue weighted by Crippen LogP contribution is 2.36. The summed E-state index contributed by atoms with van der Waals surface area (Å²) in [5, 5.41) is 23.6. The van der Waals surface area contributed by atoms with Crippen molar-refractivity contribution in [2.75, 3.05) is 48.3 Å². The molecule has 1 atom stereocenters. The summed E-state index contributed by atoms with van der Waals surface area (Å²) >= 11 is 1.39. The third kappa shape index (κ3) is 9.92. The maximum absolute atomic E-state index is 15.7. The van der Waals surface area contributed by atoms with E-state index < -0.39 is 29.4 Å². The van der Waals surface area contributed by atoms with E-state index in [1.807, 2.05) is 46.2 Å². The molecule has 2 saturated heterocycles. The Morgan fingerprint density at radius 1 is 0.901 bits per heavy atom. The number of para-hydroxylation sites is 1. The van der Waals surface area contributed by atoms with E-state index in [2.05, 4.69) is 31.0 Å². The van der Waals surface area contributed by atoms with Gasteiger partial charge in [0, 0.05) is 54.7 Å². The molecule has 4 N–H and O–H groups in total. The van der Waals surface area contributed by atoms with E-state index in [9.17, 15) is 29.1 Å². The molecule has 3 aliphatic heterocycles. The lowest BCUT2D eigenvalue weighted by Gasteiger charge is -2.31. The van der Waals surface area contributed by atoms with Crippen LogP contribution in [0.1, 0.15) is 82.1 Å². The number of ether oxygens (including phenoxy) is 1. The predicted molar refractivity (Wildman–Crippen MR) is 264 cm³/mol. The van der Waals surface area contributed by atoms with Crippen molar-refractivity contribution < 1.29 is 42.6 Å². The highest BCUT2D eigenvalue weighted by atomic mass is 32.1. The van der Waals surface area contributed by atoms with Crippen molar-refractivity contribution in [3.8, 4) is 16.9 Å². The molecule has 19 heteroatoms. The molecule has 3 aliphatic rings. The molecule has 0 saturated carbocycles. The minimum absolute atomic E-state index is 0.0165. The first kappa shape index (κ1) is 47.1. The quantitative estimate of drug-likeness (QED) is 0.0604. The van der Waals surface area contributed by atoms with Gasteiger partial charge in [-0.3, -0.25) is 39.4 Å². The topological polar surface area (TPSA) is 201 Å². The molecule has 3 aromatic heterocycles. The number of carboxylic acid groups (broad SMARTS) is 1. The summed E-state index contributed by atoms with van der Waals surface area (Å²) in [6, 6.07) is 24.0. The fourth-order valence-electron chi connectivity index (χ4n) is 9.94. The van der Waals surface area contributed by atoms with Crippen molar-refractivity contribution in [3.05, 3.63) is 125 Å². The average Bonchev–Trinajstić information content (AvgIpc) is 3.93. The fourth-order valence-corrected chi connectivity index (χ4v) is 10.8. The Bertz CT molecular complexity index is 3230. The molecule has 71 heavy (non-hydrogen) atoms. The zero-order chi connectivity index (χ0) is 49.3. The van der Waals surface area contributed by atoms with Crippen LogP contribution in [0.3, 0.4) is 0 Å². The number of nitrogens with one attached hydrogen (secondary N) is 3. The van der Waals surface area contributed by atoms with E-state index in [-0.39, 0.29) is 65.1 Å². The highest BCUT2D eigenvalue weighted by Gasteiger charge is 2.33. The van der Waals surface area contributed by atoms with Crippen LogP contribution in [0, 0.1) is 17.6 Å². The lowest BCUT2D eigenvalue weighted by atomic mass is 9.92. The van der Waals surface area contributed by atoms with Crippen LogP contribution >= 0.6 is 11.3 Å². The minimum atomic E-state index is -1.30. The number of hydrogen-bond acceptors (Lipinski definition) is 12. The maximum Gasteiger partial charge on any atom is 0.355 e. The zero-order valence-electron chi connectivity index (χ0n) is 38.7. The zero-order valence-corrected chi connectivity index (χ0v) is 39.5. The second kappa shape index (κ2) is 20.0. The van der Waals surface area contributed by atoms with Gasteiger partial charge in [-0.05, 0) is 123 Å². The van der Waals surface area contributed by atoms with Gasteiger partial charge in [0.05, 0.1) is 40.7 Å². The molecular formula is C52H49F2N9O7S. The van der Waals surface area contributed by atoms with E-state index >= 15 is 8.78 Å². The van der Waals surface area contributed by atoms with E-state index in [0.717, 1.165) is 47.0 Å². The molecule has 0 radical (unpaired) electrons. The summed E-state index contributed by atoms with van der Waals surface area (Å²) in [7, 11) is 1.57. The maximum atomic E-state index is 15.7. The third-order valence-corrected chi connectivity index (χ3v) is 14.5. The van der Waals surface area contributed by atoms with Crippen LogP contribution in [-0.4, -0.2) is 92.1 Å². The molecule has 0 bridgehead atoms. The van der Waals surface area contributed by atoms with Gasteiger partial charge in [-0.25, -0.2) is 23.5 Å². The molecule has 2 fully saturated rings. The second-order valence-corrected chi connectivity index (χ2v) is 19.2. The molecule has 364 valence electrons. The molecule has 1 unspecified atom stereocenters. The van der Waals surface area contributed by atoms with Crippen LogP contribution in [0.15, 0.2) is 84.9 Å². The molecule has 4 amide bonds. The van der Waals surface area contributed by atoms with Crippen molar-refractivity contribution >= 4 is 78.7 Å². The monoisotopic (exact) mass is 981 g/mol. The van der Waals surface area contributed by atoms with Crippen LogP contribution in [0.25, 0.3) is 32.2 Å². The lowest BCUT2D eigenvalue weighted by molar-refractivity contribution is -0.134. The number of fused-ring (bicyclic) bond motifs is 3. The number of pyridine rings is 1. The highest BCUT2D eigenvalue weighted by molar-refractivity contribution is 7.22. The minimum Gasteiger partial charge on any atom is -0.493 e. The summed E-state index contributed by atoms with van der Waals surface area (Å²) < 4.78 is 39.7. The number of amides is 4. The number of piperidine rings is 2. The Morgan fingerprint density at radius 3 is 2.51 bits per heavy atom. The normalized spacial score (nSPS) is 16.5. The molecular weight excluding hydrogens is 933 g/mol. The summed E-state index contributed by atoms with van der Waals surface area (Å²) in [5.74, 6) is -3.61. The van der Waals surface area contributed by atoms with Crippen molar-refractivity contribution in [3.63, 3.8) is 0 Å². The van der Waals surface area contributed by atoms with Crippen molar-refractivity contribution in [1.82, 2.24) is 30.0 Å². The van der Waals surface area contributed by atoms with Crippen LogP contribution in [0.4, 0.5) is 25.4 Å². The molecule has 10 rings (SSSR count). The molecule has 0 aliphatic carbocycles. The number of carbonyl (C=O) groups is 5. The number of thiazole rings is 1. The van der Waals surface area contributed by atoms with Crippen molar-refractivity contribution in [1.29, 1.82) is 0 Å². The van der Waals surface area contributed by atoms with Gasteiger partial charge in [0.25, 0.3) is 5.91 Å². The van der Waals surface area contributed by atoms with Crippen molar-refractivity contribution in [2.24, 2.45) is 13.0 Å². The number of imide groups is 1. The fraction of sp³-hybridized carbons (Fsp3) is 0.308. The van der Waals surface area contributed by atoms with Crippen LogP contribution in [0.2, 0.25) is 0 Å². The number of likely N-dealkylation sites (tertiary alicyclic amines) is 1. The third-order valence-electron chi connectivity index (χ3n) is 13.6. The van der Waals surface area contributed by atoms with Gasteiger partial charge in [-0.15, -0.1) is 0 Å². The molecule has 7 aromatic rings. The first-order chi connectivity index (χ1) is 34.4. The Balaban J connectivity index is 0.697. The number of nitrogens with zero attached hydrogens (tertiary/aromatic N) is 6. The number of anilines is 3. The first-order valence-electron chi connectivity index (χ1n) is 23.6. The lowest BCUT2D eigenvalue weighted by Crippen LogP contribution is -2.39. The number of carbonyl (C=O) groups excluding carboxylic acids is 4. The van der Waals surface area contributed by atoms with E-state index in [1.54, 1.807) is 37.4 Å². The van der Waals surface area contributed by atoms with Crippen LogP contribution < -0.4 is 25.6 Å². The number of rotatable bonds is 14. The largest absolute Gasteiger partial charge is 0.493 e. The Morgan fingerprint density at radius 2 is 1.72 bits per heavy atom. The summed E-state index contributed by atoms with van der Waals surface area (Å²) in [4.78, 5) is 76.4. The smallest absolute Gasteiger partial charge is 0.355 e. The van der Waals surface area contributed by atoms with Crippen molar-refractivity contribution in [2.45, 2.75) is 57.4 Å². The Labute approximate surface area is 410 Å². The standard InChI is InChI=1S/C52H49F2N9O7S/c1-61-48-35(46(60-61)36-15-18-43(64)58-50(36)67)13-16-40(45(48)54)55-44(65)28-62-22-19-29(20-23-62)6-5-25-70-31-11-12-32(38(53)26-31)33-14-17-42(57-47(33)51(68)69)63-24-21-30-7-4-8-34(37(30)27-63)49(66)59-52-56-39-9-2-3-10-41(39)71-52/h2-4,7-14,16-17,26,29,36H,5-6,15,18-25,27-28H2,1H3,(H,55,65)(H,68,69)(H,56,59,66)(H,58,64,67). The predicted octanol–water partition coefficient (Wildman–Crippen LogP) is 8.07. The van der Waals surface area contributed by atoms with E-state index in [4.69, 9.17) is 4.74 Å². The van der Waals surface area contributed by atoms with E-state index in [0.29, 0.717) is 78.5 Å². The Hall–Kier alpha value is -7.64.